The molecule has 2 atom stereocenters. The molecule has 2 N–H and O–H groups in total. The van der Waals surface area contributed by atoms with Crippen LogP contribution in [-0.4, -0.2) is 35.6 Å². The van der Waals surface area contributed by atoms with Gasteiger partial charge in [-0.05, 0) is 113 Å². The van der Waals surface area contributed by atoms with Crippen molar-refractivity contribution in [2.24, 2.45) is 0 Å². The maximum Gasteiger partial charge on any atom is 0.148 e. The largest absolute Gasteiger partial charge is 0.486 e. The van der Waals surface area contributed by atoms with Gasteiger partial charge < -0.3 is 19.7 Å². The van der Waals surface area contributed by atoms with Gasteiger partial charge in [0.2, 0.25) is 0 Å². The number of ether oxygens (including phenoxy) is 2. The van der Waals surface area contributed by atoms with Crippen molar-refractivity contribution in [1.82, 2.24) is 0 Å². The minimum atomic E-state index is -0.321. The molecule has 0 bridgehead atoms. The molecule has 0 saturated heterocycles. The van der Waals surface area contributed by atoms with Crippen LogP contribution in [0.3, 0.4) is 0 Å². The summed E-state index contributed by atoms with van der Waals surface area (Å²) in [6.07, 6.45) is -0.607. The SMILES string of the molecule is CC(CO)Oc1c(Br)cc(C(C)(C)c2cc(Br)c(OC(C)CO)c(Br)c2)cc1Br. The van der Waals surface area contributed by atoms with Crippen LogP contribution in [0, 0.1) is 0 Å². The molecule has 0 fully saturated rings. The molecule has 8 heteroatoms. The van der Waals surface area contributed by atoms with Gasteiger partial charge in [-0.25, -0.2) is 0 Å². The van der Waals surface area contributed by atoms with Gasteiger partial charge in [-0.3, -0.25) is 0 Å². The fraction of sp³-hybridized carbons (Fsp3) is 0.429. The lowest BCUT2D eigenvalue weighted by atomic mass is 9.78. The fourth-order valence-electron chi connectivity index (χ4n) is 2.71. The molecule has 0 saturated carbocycles. The summed E-state index contributed by atoms with van der Waals surface area (Å²) in [5, 5.41) is 18.5. The average molecular weight is 660 g/mol. The van der Waals surface area contributed by atoms with Gasteiger partial charge in [0.1, 0.15) is 23.7 Å². The molecular weight excluding hydrogens is 636 g/mol. The van der Waals surface area contributed by atoms with Crippen LogP contribution in [0.4, 0.5) is 0 Å². The van der Waals surface area contributed by atoms with Crippen molar-refractivity contribution in [2.45, 2.75) is 45.3 Å². The van der Waals surface area contributed by atoms with Crippen molar-refractivity contribution in [3.63, 3.8) is 0 Å². The molecule has 2 aromatic rings. The van der Waals surface area contributed by atoms with Crippen LogP contribution in [0.25, 0.3) is 0 Å². The number of aliphatic hydroxyl groups excluding tert-OH is 2. The molecule has 0 aliphatic carbocycles. The summed E-state index contributed by atoms with van der Waals surface area (Å²) in [4.78, 5) is 0. The van der Waals surface area contributed by atoms with Crippen LogP contribution in [0.1, 0.15) is 38.8 Å². The van der Waals surface area contributed by atoms with Gasteiger partial charge in [-0.2, -0.15) is 0 Å². The third-order valence-corrected chi connectivity index (χ3v) is 6.95. The van der Waals surface area contributed by atoms with Crippen LogP contribution in [0.15, 0.2) is 42.2 Å². The van der Waals surface area contributed by atoms with E-state index in [9.17, 15) is 10.2 Å². The molecule has 0 aromatic heterocycles. The molecule has 0 aliphatic heterocycles. The Morgan fingerprint density at radius 1 is 0.724 bits per heavy atom. The van der Waals surface area contributed by atoms with Crippen LogP contribution in [0.2, 0.25) is 0 Å². The average Bonchev–Trinajstić information content (AvgIpc) is 2.66. The highest BCUT2D eigenvalue weighted by Gasteiger charge is 2.28. The predicted octanol–water partition coefficient (Wildman–Crippen LogP) is 6.58. The van der Waals surface area contributed by atoms with Gasteiger partial charge in [0.25, 0.3) is 0 Å². The molecule has 0 amide bonds. The van der Waals surface area contributed by atoms with E-state index in [0.29, 0.717) is 11.5 Å². The Kier molecular flexibility index (Phi) is 9.07. The van der Waals surface area contributed by atoms with Crippen molar-refractivity contribution in [2.75, 3.05) is 13.2 Å². The Hall–Kier alpha value is -0.120. The molecule has 0 heterocycles. The second-order valence-electron chi connectivity index (χ2n) is 7.39. The molecule has 29 heavy (non-hydrogen) atoms. The van der Waals surface area contributed by atoms with Gasteiger partial charge in [-0.1, -0.05) is 13.8 Å². The number of rotatable bonds is 8. The first-order valence-corrected chi connectivity index (χ1v) is 12.2. The third-order valence-electron chi connectivity index (χ3n) is 4.59. The molecule has 0 spiro atoms. The van der Waals surface area contributed by atoms with Gasteiger partial charge in [-0.15, -0.1) is 0 Å². The second kappa shape index (κ2) is 10.5. The van der Waals surface area contributed by atoms with Crippen LogP contribution < -0.4 is 9.47 Å². The molecule has 2 aromatic carbocycles. The number of benzene rings is 2. The third kappa shape index (κ3) is 5.98. The van der Waals surface area contributed by atoms with Crippen molar-refractivity contribution >= 4 is 63.7 Å². The molecule has 0 aliphatic rings. The van der Waals surface area contributed by atoms with Crippen molar-refractivity contribution in [3.05, 3.63) is 53.3 Å². The first-order chi connectivity index (χ1) is 13.5. The van der Waals surface area contributed by atoms with Crippen LogP contribution in [-0.2, 0) is 5.41 Å². The Bertz CT molecular complexity index is 754. The topological polar surface area (TPSA) is 58.9 Å². The van der Waals surface area contributed by atoms with E-state index in [1.807, 2.05) is 38.1 Å². The Morgan fingerprint density at radius 2 is 1.00 bits per heavy atom. The van der Waals surface area contributed by atoms with Crippen molar-refractivity contribution < 1.29 is 19.7 Å². The lowest BCUT2D eigenvalue weighted by molar-refractivity contribution is 0.128. The maximum absolute atomic E-state index is 9.27. The summed E-state index contributed by atoms with van der Waals surface area (Å²) >= 11 is 14.4. The van der Waals surface area contributed by atoms with Gasteiger partial charge >= 0.3 is 0 Å². The molecule has 2 unspecified atom stereocenters. The van der Waals surface area contributed by atoms with E-state index in [1.54, 1.807) is 0 Å². The molecule has 160 valence electrons. The summed E-state index contributed by atoms with van der Waals surface area (Å²) in [6.45, 7) is 7.79. The lowest BCUT2D eigenvalue weighted by Gasteiger charge is -2.29. The van der Waals surface area contributed by atoms with Crippen LogP contribution >= 0.6 is 63.7 Å². The minimum Gasteiger partial charge on any atom is -0.486 e. The molecule has 0 radical (unpaired) electrons. The van der Waals surface area contributed by atoms with Gasteiger partial charge in [0, 0.05) is 5.41 Å². The van der Waals surface area contributed by atoms with Gasteiger partial charge in [0.15, 0.2) is 0 Å². The highest BCUT2D eigenvalue weighted by molar-refractivity contribution is 9.11. The minimum absolute atomic E-state index is 0.0580. The molecular formula is C21H24Br4O4. The highest BCUT2D eigenvalue weighted by atomic mass is 79.9. The number of hydrogen-bond acceptors (Lipinski definition) is 4. The summed E-state index contributed by atoms with van der Waals surface area (Å²) in [7, 11) is 0. The van der Waals surface area contributed by atoms with E-state index in [2.05, 4.69) is 77.6 Å². The van der Waals surface area contributed by atoms with Crippen molar-refractivity contribution in [3.8, 4) is 11.5 Å². The smallest absolute Gasteiger partial charge is 0.148 e. The zero-order chi connectivity index (χ0) is 21.9. The summed E-state index contributed by atoms with van der Waals surface area (Å²) in [6, 6.07) is 8.13. The zero-order valence-corrected chi connectivity index (χ0v) is 22.9. The summed E-state index contributed by atoms with van der Waals surface area (Å²) in [5.74, 6) is 1.32. The van der Waals surface area contributed by atoms with E-state index >= 15 is 0 Å². The number of hydrogen-bond donors (Lipinski definition) is 2. The Morgan fingerprint density at radius 3 is 1.24 bits per heavy atom. The maximum atomic E-state index is 9.27. The number of aliphatic hydroxyl groups is 2. The number of halogens is 4. The van der Waals surface area contributed by atoms with E-state index in [-0.39, 0.29) is 30.8 Å². The lowest BCUT2D eigenvalue weighted by Crippen LogP contribution is -2.21. The summed E-state index contributed by atoms with van der Waals surface area (Å²) < 4.78 is 14.8. The quantitative estimate of drug-likeness (QED) is 0.336. The standard InChI is InChI=1S/C21H24Br4O4/c1-11(9-26)28-19-15(22)5-13(6-16(19)23)21(3,4)14-7-17(24)20(18(25)8-14)29-12(2)10-27/h5-8,11-12,26-27H,9-10H2,1-4H3. The molecule has 2 rings (SSSR count). The first kappa shape index (κ1) is 25.1. The predicted molar refractivity (Wildman–Crippen MR) is 130 cm³/mol. The monoisotopic (exact) mass is 656 g/mol. The van der Waals surface area contributed by atoms with Crippen LogP contribution in [0.5, 0.6) is 11.5 Å². The van der Waals surface area contributed by atoms with Crippen molar-refractivity contribution in [1.29, 1.82) is 0 Å². The Labute approximate surface area is 205 Å². The zero-order valence-electron chi connectivity index (χ0n) is 16.6. The Balaban J connectivity index is 2.45. The van der Waals surface area contributed by atoms with E-state index in [0.717, 1.165) is 29.0 Å². The first-order valence-electron chi connectivity index (χ1n) is 9.05. The van der Waals surface area contributed by atoms with E-state index in [4.69, 9.17) is 9.47 Å². The second-order valence-corrected chi connectivity index (χ2v) is 10.8. The van der Waals surface area contributed by atoms with E-state index < -0.39 is 0 Å². The fourth-order valence-corrected chi connectivity index (χ4v) is 5.46. The summed E-state index contributed by atoms with van der Waals surface area (Å²) in [5.41, 5.74) is 1.84. The normalized spacial score (nSPS) is 13.9. The highest BCUT2D eigenvalue weighted by Crippen LogP contribution is 2.44. The molecule has 4 nitrogen and oxygen atoms in total. The van der Waals surface area contributed by atoms with E-state index in [1.165, 1.54) is 0 Å². The van der Waals surface area contributed by atoms with Gasteiger partial charge in [0.05, 0.1) is 31.1 Å².